The number of benzene rings is 2. The van der Waals surface area contributed by atoms with Crippen LogP contribution in [-0.4, -0.2) is 76.0 Å². The first-order chi connectivity index (χ1) is 23.2. The second kappa shape index (κ2) is 23.6. The third-order valence-electron chi connectivity index (χ3n) is 7.62. The van der Waals surface area contributed by atoms with E-state index in [1.807, 2.05) is 0 Å². The van der Waals surface area contributed by atoms with Crippen molar-refractivity contribution in [2.45, 2.75) is 77.0 Å². The Hall–Kier alpha value is -4.74. The second-order valence-corrected chi connectivity index (χ2v) is 11.4. The highest BCUT2D eigenvalue weighted by Crippen LogP contribution is 2.08. The fourth-order valence-corrected chi connectivity index (χ4v) is 4.77. The summed E-state index contributed by atoms with van der Waals surface area (Å²) in [6, 6.07) is 12.6. The molecule has 2 rings (SSSR count). The maximum absolute atomic E-state index is 12.2. The van der Waals surface area contributed by atoms with E-state index in [0.29, 0.717) is 74.1 Å². The van der Waals surface area contributed by atoms with Crippen molar-refractivity contribution < 1.29 is 38.2 Å². The van der Waals surface area contributed by atoms with Gasteiger partial charge in [-0.3, -0.25) is 19.2 Å². The summed E-state index contributed by atoms with van der Waals surface area (Å²) >= 11 is 0. The van der Waals surface area contributed by atoms with E-state index in [4.69, 9.17) is 0 Å². The minimum Gasteiger partial charge on any atom is -0.465 e. The molecule has 12 nitrogen and oxygen atoms in total. The van der Waals surface area contributed by atoms with Crippen molar-refractivity contribution in [3.05, 3.63) is 70.8 Å². The van der Waals surface area contributed by atoms with E-state index in [9.17, 15) is 28.8 Å². The summed E-state index contributed by atoms with van der Waals surface area (Å²) in [5.74, 6) is -1.27. The summed E-state index contributed by atoms with van der Waals surface area (Å²) in [5, 5.41) is 11.6. The quantitative estimate of drug-likeness (QED) is 0.100. The van der Waals surface area contributed by atoms with Gasteiger partial charge in [0.05, 0.1) is 25.3 Å². The zero-order chi connectivity index (χ0) is 35.0. The van der Waals surface area contributed by atoms with Crippen molar-refractivity contribution in [3.63, 3.8) is 0 Å². The summed E-state index contributed by atoms with van der Waals surface area (Å²) in [6.45, 7) is 2.32. The van der Waals surface area contributed by atoms with Gasteiger partial charge in [-0.15, -0.1) is 0 Å². The Bertz CT molecular complexity index is 1210. The van der Waals surface area contributed by atoms with Crippen LogP contribution in [0.1, 0.15) is 118 Å². The molecule has 0 fully saturated rings. The third-order valence-corrected chi connectivity index (χ3v) is 7.62. The van der Waals surface area contributed by atoms with Gasteiger partial charge in [0.2, 0.25) is 11.8 Å². The van der Waals surface area contributed by atoms with E-state index < -0.39 is 11.9 Å². The van der Waals surface area contributed by atoms with Crippen LogP contribution in [-0.2, 0) is 19.1 Å². The van der Waals surface area contributed by atoms with Crippen LogP contribution < -0.4 is 21.3 Å². The fourth-order valence-electron chi connectivity index (χ4n) is 4.77. The lowest BCUT2D eigenvalue weighted by atomic mass is 10.1. The highest BCUT2D eigenvalue weighted by Gasteiger charge is 2.10. The van der Waals surface area contributed by atoms with Crippen molar-refractivity contribution in [1.82, 2.24) is 21.3 Å². The summed E-state index contributed by atoms with van der Waals surface area (Å²) < 4.78 is 9.30. The molecule has 0 aliphatic heterocycles. The number of esters is 2. The summed E-state index contributed by atoms with van der Waals surface area (Å²) in [7, 11) is 2.62. The lowest BCUT2D eigenvalue weighted by Gasteiger charge is -2.08. The topological polar surface area (TPSA) is 169 Å². The standard InChI is InChI=1S/C36H50N4O8/c1-47-35(45)29-19-15-27(16-20-29)33(43)39-25-11-5-3-9-23-37-31(41)13-7-8-14-32(42)38-24-10-4-6-12-26-40-34(44)28-17-21-30(22-18-28)36(46)48-2/h15-22H,3-14,23-26H2,1-2H3,(H,37,41)(H,38,42)(H,39,43)(H,40,44). The van der Waals surface area contributed by atoms with Crippen molar-refractivity contribution in [1.29, 1.82) is 0 Å². The van der Waals surface area contributed by atoms with Crippen LogP contribution in [0.25, 0.3) is 0 Å². The molecule has 0 aliphatic rings. The molecule has 0 atom stereocenters. The van der Waals surface area contributed by atoms with Gasteiger partial charge < -0.3 is 30.7 Å². The Kier molecular flexibility index (Phi) is 19.4. The summed E-state index contributed by atoms with van der Waals surface area (Å²) in [6.07, 6.45) is 9.25. The van der Waals surface area contributed by atoms with Gasteiger partial charge in [0.1, 0.15) is 0 Å². The zero-order valence-corrected chi connectivity index (χ0v) is 28.2. The molecule has 12 heteroatoms. The molecule has 0 spiro atoms. The molecule has 0 radical (unpaired) electrons. The predicted molar refractivity (Wildman–Crippen MR) is 182 cm³/mol. The lowest BCUT2D eigenvalue weighted by Crippen LogP contribution is -2.26. The SMILES string of the molecule is COC(=O)c1ccc(C(=O)NCCCCCCNC(=O)CCCCC(=O)NCCCCCCNC(=O)c2ccc(C(=O)OC)cc2)cc1. The number of methoxy groups -OCH3 is 2. The van der Waals surface area contributed by atoms with Crippen molar-refractivity contribution in [2.75, 3.05) is 40.4 Å². The monoisotopic (exact) mass is 666 g/mol. The van der Waals surface area contributed by atoms with Crippen LogP contribution in [0, 0.1) is 0 Å². The predicted octanol–water partition coefficient (Wildman–Crippen LogP) is 4.33. The van der Waals surface area contributed by atoms with Gasteiger partial charge in [0, 0.05) is 50.1 Å². The van der Waals surface area contributed by atoms with Crippen LogP contribution in [0.3, 0.4) is 0 Å². The zero-order valence-electron chi connectivity index (χ0n) is 28.2. The molecule has 0 saturated heterocycles. The average molecular weight is 667 g/mol. The Labute approximate surface area is 283 Å². The first-order valence-electron chi connectivity index (χ1n) is 16.7. The number of amides is 4. The van der Waals surface area contributed by atoms with E-state index in [1.165, 1.54) is 14.2 Å². The number of unbranched alkanes of at least 4 members (excludes halogenated alkanes) is 7. The molecule has 2 aromatic rings. The number of carbonyl (C=O) groups excluding carboxylic acids is 6. The number of hydrogen-bond donors (Lipinski definition) is 4. The molecule has 0 aliphatic carbocycles. The molecule has 4 amide bonds. The molecule has 0 aromatic heterocycles. The molecular formula is C36H50N4O8. The third kappa shape index (κ3) is 16.2. The lowest BCUT2D eigenvalue weighted by molar-refractivity contribution is -0.123. The highest BCUT2D eigenvalue weighted by molar-refractivity contribution is 5.97. The molecule has 48 heavy (non-hydrogen) atoms. The number of nitrogens with one attached hydrogen (secondary N) is 4. The van der Waals surface area contributed by atoms with Crippen LogP contribution in [0.15, 0.2) is 48.5 Å². The Morgan fingerprint density at radius 2 is 0.708 bits per heavy atom. The molecule has 0 heterocycles. The smallest absolute Gasteiger partial charge is 0.337 e. The van der Waals surface area contributed by atoms with Crippen molar-refractivity contribution in [3.8, 4) is 0 Å². The largest absolute Gasteiger partial charge is 0.465 e. The molecule has 4 N–H and O–H groups in total. The maximum Gasteiger partial charge on any atom is 0.337 e. The molecule has 0 bridgehead atoms. The molecule has 0 saturated carbocycles. The van der Waals surface area contributed by atoms with E-state index in [-0.39, 0.29) is 23.6 Å². The molecular weight excluding hydrogens is 616 g/mol. The van der Waals surface area contributed by atoms with Gasteiger partial charge in [0.25, 0.3) is 11.8 Å². The van der Waals surface area contributed by atoms with E-state index in [1.54, 1.807) is 48.5 Å². The molecule has 0 unspecified atom stereocenters. The Balaban J connectivity index is 1.36. The number of ether oxygens (including phenoxy) is 2. The Morgan fingerprint density at radius 3 is 1.02 bits per heavy atom. The fraction of sp³-hybridized carbons (Fsp3) is 0.500. The first kappa shape index (κ1) is 39.4. The first-order valence-corrected chi connectivity index (χ1v) is 16.7. The van der Waals surface area contributed by atoms with Crippen LogP contribution in [0.5, 0.6) is 0 Å². The normalized spacial score (nSPS) is 10.5. The van der Waals surface area contributed by atoms with Crippen LogP contribution in [0.4, 0.5) is 0 Å². The van der Waals surface area contributed by atoms with Crippen molar-refractivity contribution in [2.24, 2.45) is 0 Å². The number of rotatable bonds is 23. The molecule has 2 aromatic carbocycles. The minimum absolute atomic E-state index is 0.00597. The van der Waals surface area contributed by atoms with E-state index in [2.05, 4.69) is 30.7 Å². The second-order valence-electron chi connectivity index (χ2n) is 11.4. The van der Waals surface area contributed by atoms with Crippen LogP contribution in [0.2, 0.25) is 0 Å². The van der Waals surface area contributed by atoms with Gasteiger partial charge in [-0.1, -0.05) is 25.7 Å². The van der Waals surface area contributed by atoms with Gasteiger partial charge in [-0.05, 0) is 87.1 Å². The maximum atomic E-state index is 12.2. The van der Waals surface area contributed by atoms with Gasteiger partial charge in [-0.2, -0.15) is 0 Å². The van der Waals surface area contributed by atoms with E-state index >= 15 is 0 Å². The van der Waals surface area contributed by atoms with Gasteiger partial charge in [0.15, 0.2) is 0 Å². The highest BCUT2D eigenvalue weighted by atomic mass is 16.5. The summed E-state index contributed by atoms with van der Waals surface area (Å²) in [5.41, 5.74) is 1.76. The summed E-state index contributed by atoms with van der Waals surface area (Å²) in [4.78, 5) is 71.5. The number of hydrogen-bond acceptors (Lipinski definition) is 8. The van der Waals surface area contributed by atoms with Crippen molar-refractivity contribution >= 4 is 35.6 Å². The van der Waals surface area contributed by atoms with Gasteiger partial charge in [-0.25, -0.2) is 9.59 Å². The Morgan fingerprint density at radius 1 is 0.417 bits per heavy atom. The molecule has 262 valence electrons. The minimum atomic E-state index is -0.443. The number of carbonyl (C=O) groups is 6. The van der Waals surface area contributed by atoms with Crippen LogP contribution >= 0.6 is 0 Å². The average Bonchev–Trinajstić information content (AvgIpc) is 3.11. The van der Waals surface area contributed by atoms with E-state index in [0.717, 1.165) is 51.4 Å². The van der Waals surface area contributed by atoms with Gasteiger partial charge >= 0.3 is 11.9 Å².